The fourth-order valence-electron chi connectivity index (χ4n) is 1.74. The Labute approximate surface area is 118 Å². The largest absolute Gasteiger partial charge is 0.476 e. The highest BCUT2D eigenvalue weighted by Gasteiger charge is 2.11. The molecular weight excluding hydrogens is 278 g/mol. The summed E-state index contributed by atoms with van der Waals surface area (Å²) in [5, 5.41) is 16.0. The molecule has 1 unspecified atom stereocenters. The van der Waals surface area contributed by atoms with Crippen molar-refractivity contribution in [3.8, 4) is 0 Å². The summed E-state index contributed by atoms with van der Waals surface area (Å²) in [5.74, 6) is -0.751. The minimum absolute atomic E-state index is 0.109. The summed E-state index contributed by atoms with van der Waals surface area (Å²) in [6.45, 7) is 4.24. The van der Waals surface area contributed by atoms with Crippen molar-refractivity contribution in [3.63, 3.8) is 0 Å². The van der Waals surface area contributed by atoms with E-state index in [1.54, 1.807) is 0 Å². The van der Waals surface area contributed by atoms with Gasteiger partial charge in [-0.15, -0.1) is 5.10 Å². The molecule has 0 saturated heterocycles. The molecule has 106 valence electrons. The van der Waals surface area contributed by atoms with Gasteiger partial charge in [-0.05, 0) is 31.0 Å². The molecule has 2 aromatic rings. The number of hydrogen-bond donors (Lipinski definition) is 1. The van der Waals surface area contributed by atoms with E-state index in [0.717, 1.165) is 16.0 Å². The first kappa shape index (κ1) is 14.4. The zero-order valence-electron chi connectivity index (χ0n) is 11.2. The van der Waals surface area contributed by atoms with Gasteiger partial charge in [0.25, 0.3) is 0 Å². The van der Waals surface area contributed by atoms with Crippen LogP contribution in [-0.4, -0.2) is 36.0 Å². The number of nitrogens with zero attached hydrogens (tertiary/aromatic N) is 3. The van der Waals surface area contributed by atoms with Crippen molar-refractivity contribution in [3.05, 3.63) is 41.2 Å². The lowest BCUT2D eigenvalue weighted by Crippen LogP contribution is -2.09. The van der Waals surface area contributed by atoms with Crippen LogP contribution in [0.25, 0.3) is 0 Å². The highest BCUT2D eigenvalue weighted by atomic mass is 32.2. The molecule has 7 heteroatoms. The van der Waals surface area contributed by atoms with Gasteiger partial charge in [-0.1, -0.05) is 17.3 Å². The number of aromatic carboxylic acids is 1. The van der Waals surface area contributed by atoms with Crippen molar-refractivity contribution in [2.75, 3.05) is 5.75 Å². The van der Waals surface area contributed by atoms with Crippen molar-refractivity contribution in [1.82, 2.24) is 15.0 Å². The third kappa shape index (κ3) is 3.30. The first-order chi connectivity index (χ1) is 9.47. The van der Waals surface area contributed by atoms with Crippen LogP contribution in [0.2, 0.25) is 0 Å². The minimum atomic E-state index is -1.14. The van der Waals surface area contributed by atoms with Gasteiger partial charge < -0.3 is 5.11 Å². The highest BCUT2D eigenvalue weighted by molar-refractivity contribution is 7.85. The molecule has 0 radical (unpaired) electrons. The Hall–Kier alpha value is -2.02. The number of carboxylic acid groups (broad SMARTS) is 1. The molecule has 0 aliphatic carbocycles. The molecule has 2 rings (SSSR count). The van der Waals surface area contributed by atoms with E-state index >= 15 is 0 Å². The van der Waals surface area contributed by atoms with E-state index in [4.69, 9.17) is 5.11 Å². The summed E-state index contributed by atoms with van der Waals surface area (Å²) in [4.78, 5) is 11.5. The van der Waals surface area contributed by atoms with E-state index in [9.17, 15) is 9.00 Å². The van der Waals surface area contributed by atoms with Crippen molar-refractivity contribution >= 4 is 16.8 Å². The fraction of sp³-hybridized carbons (Fsp3) is 0.308. The number of carboxylic acids is 1. The summed E-state index contributed by atoms with van der Waals surface area (Å²) in [6.07, 6.45) is 1.34. The summed E-state index contributed by atoms with van der Waals surface area (Å²) in [7, 11) is -1.14. The lowest BCUT2D eigenvalue weighted by atomic mass is 10.2. The smallest absolute Gasteiger partial charge is 0.358 e. The Morgan fingerprint density at radius 3 is 2.80 bits per heavy atom. The van der Waals surface area contributed by atoms with Crippen molar-refractivity contribution in [2.24, 2.45) is 0 Å². The number of hydrogen-bond acceptors (Lipinski definition) is 4. The third-order valence-corrected chi connectivity index (χ3v) is 4.34. The second-order valence-electron chi connectivity index (χ2n) is 4.49. The van der Waals surface area contributed by atoms with Crippen LogP contribution in [0, 0.1) is 13.8 Å². The number of benzene rings is 1. The zero-order valence-corrected chi connectivity index (χ0v) is 12.1. The van der Waals surface area contributed by atoms with Gasteiger partial charge in [0.2, 0.25) is 0 Å². The standard InChI is InChI=1S/C13H15N3O3S/c1-9-3-4-10(2)12(7-9)20(19)6-5-16-8-11(13(17)18)14-15-16/h3-4,7-8H,5-6H2,1-2H3,(H,17,18). The Morgan fingerprint density at radius 2 is 2.15 bits per heavy atom. The molecule has 20 heavy (non-hydrogen) atoms. The molecular formula is C13H15N3O3S. The van der Waals surface area contributed by atoms with Gasteiger partial charge in [0.15, 0.2) is 5.69 Å². The van der Waals surface area contributed by atoms with E-state index < -0.39 is 16.8 Å². The number of aryl methyl sites for hydroxylation is 3. The first-order valence-electron chi connectivity index (χ1n) is 6.06. The Morgan fingerprint density at radius 1 is 1.40 bits per heavy atom. The zero-order chi connectivity index (χ0) is 14.7. The summed E-state index contributed by atoms with van der Waals surface area (Å²) in [6, 6.07) is 5.84. The van der Waals surface area contributed by atoms with Gasteiger partial charge in [0.1, 0.15) is 0 Å². The predicted octanol–water partition coefficient (Wildman–Crippen LogP) is 1.40. The van der Waals surface area contributed by atoms with Crippen LogP contribution in [-0.2, 0) is 17.3 Å². The minimum Gasteiger partial charge on any atom is -0.476 e. The maximum atomic E-state index is 12.3. The molecule has 1 N–H and O–H groups in total. The molecule has 0 spiro atoms. The molecule has 0 fully saturated rings. The molecule has 1 aromatic carbocycles. The van der Waals surface area contributed by atoms with Crippen LogP contribution in [0.5, 0.6) is 0 Å². The lowest BCUT2D eigenvalue weighted by molar-refractivity contribution is 0.0690. The Kier molecular flexibility index (Phi) is 4.29. The third-order valence-electron chi connectivity index (χ3n) is 2.85. The Bertz CT molecular complexity index is 667. The number of rotatable bonds is 5. The monoisotopic (exact) mass is 293 g/mol. The summed E-state index contributed by atoms with van der Waals surface area (Å²) >= 11 is 0. The predicted molar refractivity (Wildman–Crippen MR) is 74.2 cm³/mol. The summed E-state index contributed by atoms with van der Waals surface area (Å²) in [5.41, 5.74) is 1.94. The van der Waals surface area contributed by atoms with E-state index in [1.807, 2.05) is 32.0 Å². The van der Waals surface area contributed by atoms with Gasteiger partial charge >= 0.3 is 5.97 Å². The molecule has 0 amide bonds. The second kappa shape index (κ2) is 5.96. The van der Waals surface area contributed by atoms with Gasteiger partial charge in [-0.3, -0.25) is 8.89 Å². The van der Waals surface area contributed by atoms with Crippen LogP contribution in [0.3, 0.4) is 0 Å². The second-order valence-corrected chi connectivity index (χ2v) is 6.03. The van der Waals surface area contributed by atoms with Gasteiger partial charge in [-0.25, -0.2) is 4.79 Å². The molecule has 0 aliphatic heterocycles. The van der Waals surface area contributed by atoms with Crippen LogP contribution < -0.4 is 0 Å². The molecule has 0 aliphatic rings. The SMILES string of the molecule is Cc1ccc(C)c(S(=O)CCn2cc(C(=O)O)nn2)c1. The average Bonchev–Trinajstić information content (AvgIpc) is 2.88. The van der Waals surface area contributed by atoms with Crippen LogP contribution >= 0.6 is 0 Å². The quantitative estimate of drug-likeness (QED) is 0.900. The van der Waals surface area contributed by atoms with E-state index in [1.165, 1.54) is 10.9 Å². The molecule has 1 atom stereocenters. The lowest BCUT2D eigenvalue weighted by Gasteiger charge is -2.07. The normalized spacial score (nSPS) is 12.3. The number of aromatic nitrogens is 3. The molecule has 0 bridgehead atoms. The van der Waals surface area contributed by atoms with Gasteiger partial charge in [0.05, 0.1) is 23.5 Å². The van der Waals surface area contributed by atoms with Crippen LogP contribution in [0.4, 0.5) is 0 Å². The Balaban J connectivity index is 2.04. The molecule has 0 saturated carbocycles. The number of carbonyl (C=O) groups is 1. The van der Waals surface area contributed by atoms with Crippen molar-refractivity contribution in [2.45, 2.75) is 25.3 Å². The van der Waals surface area contributed by atoms with Crippen LogP contribution in [0.1, 0.15) is 21.6 Å². The molecule has 1 heterocycles. The van der Waals surface area contributed by atoms with Crippen LogP contribution in [0.15, 0.2) is 29.3 Å². The van der Waals surface area contributed by atoms with E-state index in [0.29, 0.717) is 12.3 Å². The van der Waals surface area contributed by atoms with E-state index in [2.05, 4.69) is 10.3 Å². The maximum absolute atomic E-state index is 12.3. The maximum Gasteiger partial charge on any atom is 0.358 e. The summed E-state index contributed by atoms with van der Waals surface area (Å²) < 4.78 is 13.7. The van der Waals surface area contributed by atoms with E-state index in [-0.39, 0.29) is 5.69 Å². The van der Waals surface area contributed by atoms with Crippen molar-refractivity contribution < 1.29 is 14.1 Å². The van der Waals surface area contributed by atoms with Gasteiger partial charge in [0, 0.05) is 10.6 Å². The highest BCUT2D eigenvalue weighted by Crippen LogP contribution is 2.15. The molecule has 1 aromatic heterocycles. The topological polar surface area (TPSA) is 85.1 Å². The molecule has 6 nitrogen and oxygen atoms in total. The van der Waals surface area contributed by atoms with Crippen molar-refractivity contribution in [1.29, 1.82) is 0 Å². The first-order valence-corrected chi connectivity index (χ1v) is 7.38. The average molecular weight is 293 g/mol. The fourth-order valence-corrected chi connectivity index (χ4v) is 3.06. The van der Waals surface area contributed by atoms with Gasteiger partial charge in [-0.2, -0.15) is 0 Å².